The van der Waals surface area contributed by atoms with Crippen LogP contribution < -0.4 is 46.8 Å². The summed E-state index contributed by atoms with van der Waals surface area (Å²) in [5.41, 5.74) is 13.9. The number of hydrogen-bond donors (Lipinski definition) is 11. The number of carboxylic acid groups (broad SMARTS) is 1. The number of rotatable bonds is 15. The predicted octanol–water partition coefficient (Wildman–Crippen LogP) is 0.155. The van der Waals surface area contributed by atoms with E-state index in [2.05, 4.69) is 39.8 Å². The Balaban J connectivity index is 1.45. The van der Waals surface area contributed by atoms with Crippen molar-refractivity contribution in [2.75, 3.05) is 39.1 Å². The molecule has 4 bridgehead atoms. The number of aromatic hydroxyl groups is 2. The summed E-state index contributed by atoms with van der Waals surface area (Å²) in [7, 11) is -3.38. The van der Waals surface area contributed by atoms with Gasteiger partial charge in [-0.05, 0) is 91.6 Å². The molecular weight excluding hydrogens is 933 g/mol. The van der Waals surface area contributed by atoms with Crippen molar-refractivity contribution in [2.24, 2.45) is 10.9 Å². The number of nitrogens with one attached hydrogen (secondary N) is 4. The topological polar surface area (TPSA) is 374 Å². The van der Waals surface area contributed by atoms with Crippen molar-refractivity contribution in [3.63, 3.8) is 0 Å². The van der Waals surface area contributed by atoms with E-state index in [1.54, 1.807) is 13.0 Å². The standard InChI is InChI=1S/C46H58N10O13S/c1-7-68-34-17-24-16-29(38(34)59)28-14-23(8-11-33(28)69-20-25(57)18-47)15-31(45(64)65)53-41(60)22(3)52-43(62)36(24)56(6)44(63)32(19-50-70(49,66)67)54-42(61)35-21(2)51-40(55-39(35)48)27-9-10-30-26(37(27)58)12-13-46(30,4)5/h8-11,14,16-17,22,25,31-32,36,50,57-59H,7,12-13,15,18-20,47H2,1-6H3,(H,52,62)(H,53,60)(H,54,61)(H,64,65)(H2,48,51,55)(H2,49,66,67)/t22-,25+,31-,32-,36-/m0/s1. The van der Waals surface area contributed by atoms with Crippen molar-refractivity contribution in [1.82, 2.24) is 35.5 Å². The van der Waals surface area contributed by atoms with Gasteiger partial charge in [-0.2, -0.15) is 13.1 Å². The smallest absolute Gasteiger partial charge is 0.326 e. The number of likely N-dealkylation sites (N-methyl/N-ethyl adjacent to an activating group) is 1. The molecule has 0 saturated carbocycles. The second-order valence-electron chi connectivity index (χ2n) is 17.7. The van der Waals surface area contributed by atoms with E-state index in [1.807, 2.05) is 10.8 Å². The van der Waals surface area contributed by atoms with Crippen molar-refractivity contribution in [3.8, 4) is 45.5 Å². The lowest BCUT2D eigenvalue weighted by Crippen LogP contribution is -2.57. The molecule has 70 heavy (non-hydrogen) atoms. The highest BCUT2D eigenvalue weighted by molar-refractivity contribution is 7.87. The van der Waals surface area contributed by atoms with Gasteiger partial charge >= 0.3 is 5.97 Å². The van der Waals surface area contributed by atoms with E-state index in [9.17, 15) is 52.8 Å². The number of amides is 4. The number of aryl methyl sites for hydroxylation is 1. The summed E-state index contributed by atoms with van der Waals surface area (Å²) in [5.74, 6) is -6.49. The molecule has 14 N–H and O–H groups in total. The van der Waals surface area contributed by atoms with Crippen LogP contribution in [-0.4, -0.2) is 131 Å². The van der Waals surface area contributed by atoms with E-state index in [-0.39, 0.29) is 94.0 Å². The third-order valence-corrected chi connectivity index (χ3v) is 12.8. The number of ether oxygens (including phenoxy) is 2. The van der Waals surface area contributed by atoms with Gasteiger partial charge in [0.15, 0.2) is 17.3 Å². The average Bonchev–Trinajstić information content (AvgIpc) is 3.60. The van der Waals surface area contributed by atoms with Gasteiger partial charge in [0.05, 0.1) is 17.9 Å². The Morgan fingerprint density at radius 1 is 0.986 bits per heavy atom. The number of hydrogen-bond acceptors (Lipinski definition) is 16. The summed E-state index contributed by atoms with van der Waals surface area (Å²) in [6.45, 7) is 7.10. The van der Waals surface area contributed by atoms with Crippen LogP contribution in [0.25, 0.3) is 22.5 Å². The number of fused-ring (bicyclic) bond motifs is 6. The number of carbonyl (C=O) groups excluding carboxylic acids is 4. The van der Waals surface area contributed by atoms with Crippen LogP contribution in [0, 0.1) is 6.92 Å². The van der Waals surface area contributed by atoms with Crippen molar-refractivity contribution in [1.29, 1.82) is 0 Å². The molecular formula is C46H58N10O13S. The lowest BCUT2D eigenvalue weighted by atomic mass is 9.86. The minimum Gasteiger partial charge on any atom is -0.507 e. The van der Waals surface area contributed by atoms with Crippen LogP contribution in [-0.2, 0) is 47.6 Å². The minimum absolute atomic E-state index is 0.0132. The Labute approximate surface area is 403 Å². The number of phenolic OH excluding ortho intramolecular Hbond substituents is 2. The molecule has 6 rings (SSSR count). The Bertz CT molecular complexity index is 2820. The molecule has 24 heteroatoms. The molecule has 2 aliphatic rings. The number of aliphatic hydroxyl groups is 1. The van der Waals surface area contributed by atoms with Crippen LogP contribution in [0.5, 0.6) is 23.0 Å². The lowest BCUT2D eigenvalue weighted by Gasteiger charge is -2.33. The Morgan fingerprint density at radius 2 is 1.70 bits per heavy atom. The number of nitrogens with two attached hydrogens (primary N) is 3. The van der Waals surface area contributed by atoms with Gasteiger partial charge in [-0.15, -0.1) is 0 Å². The Kier molecular flexibility index (Phi) is 15.6. The summed E-state index contributed by atoms with van der Waals surface area (Å²) in [4.78, 5) is 79.2. The van der Waals surface area contributed by atoms with Crippen LogP contribution in [0.1, 0.15) is 78.5 Å². The zero-order valence-electron chi connectivity index (χ0n) is 39.3. The van der Waals surface area contributed by atoms with E-state index < -0.39 is 82.4 Å². The number of nitrogens with zero attached hydrogens (tertiary/aromatic N) is 3. The summed E-state index contributed by atoms with van der Waals surface area (Å²) in [6.07, 6.45) is 0.0397. The first-order valence-electron chi connectivity index (χ1n) is 22.2. The van der Waals surface area contributed by atoms with Crippen molar-refractivity contribution in [3.05, 3.63) is 76.0 Å². The first kappa shape index (κ1) is 52.3. The third-order valence-electron chi connectivity index (χ3n) is 12.2. The van der Waals surface area contributed by atoms with E-state index in [1.165, 1.54) is 44.2 Å². The fraction of sp³-hybridized carbons (Fsp3) is 0.413. The van der Waals surface area contributed by atoms with Crippen LogP contribution in [0.2, 0.25) is 0 Å². The van der Waals surface area contributed by atoms with Gasteiger partial charge in [-0.25, -0.2) is 19.9 Å². The van der Waals surface area contributed by atoms with Crippen LogP contribution in [0.3, 0.4) is 0 Å². The number of nitrogen functional groups attached to an aromatic ring is 1. The van der Waals surface area contributed by atoms with Crippen molar-refractivity contribution >= 4 is 45.6 Å². The zero-order valence-corrected chi connectivity index (χ0v) is 40.1. The second kappa shape index (κ2) is 20.9. The van der Waals surface area contributed by atoms with Gasteiger partial charge in [0.25, 0.3) is 16.1 Å². The number of aliphatic hydroxyl groups excluding tert-OH is 1. The van der Waals surface area contributed by atoms with Crippen molar-refractivity contribution < 1.29 is 62.3 Å². The van der Waals surface area contributed by atoms with Gasteiger partial charge in [0, 0.05) is 37.7 Å². The van der Waals surface area contributed by atoms with Crippen molar-refractivity contribution in [2.45, 2.75) is 89.6 Å². The average molecular weight is 991 g/mol. The summed E-state index contributed by atoms with van der Waals surface area (Å²) in [5, 5.41) is 56.1. The molecule has 0 spiro atoms. The number of carboxylic acids is 1. The van der Waals surface area contributed by atoms with E-state index in [0.717, 1.165) is 29.5 Å². The molecule has 0 radical (unpaired) electrons. The SMILES string of the molecule is CCOc1cc2cc(c1O)-c1cc(ccc1OC[C@H](O)CN)C[C@@H](C(=O)O)NC(=O)[C@H](C)NC(=O)[C@H]2N(C)C(=O)[C@H](CNS(N)(=O)=O)NC(=O)c1c(C)nc(-c2ccc3c(c2O)CCC3(C)C)nc1N. The molecule has 5 atom stereocenters. The summed E-state index contributed by atoms with van der Waals surface area (Å²) >= 11 is 0. The van der Waals surface area contributed by atoms with Crippen LogP contribution in [0.15, 0.2) is 42.5 Å². The number of phenols is 2. The highest BCUT2D eigenvalue weighted by Crippen LogP contribution is 2.46. The Morgan fingerprint density at radius 3 is 2.34 bits per heavy atom. The number of anilines is 1. The third kappa shape index (κ3) is 11.3. The molecule has 1 aliphatic carbocycles. The molecule has 3 aromatic carbocycles. The van der Waals surface area contributed by atoms with Gasteiger partial charge in [0.2, 0.25) is 17.7 Å². The van der Waals surface area contributed by atoms with Gasteiger partial charge < -0.3 is 62.2 Å². The van der Waals surface area contributed by atoms with Crippen LogP contribution in [0.4, 0.5) is 5.82 Å². The molecule has 1 aromatic heterocycles. The number of carbonyl (C=O) groups is 5. The molecule has 4 amide bonds. The molecule has 0 fully saturated rings. The maximum Gasteiger partial charge on any atom is 0.326 e. The normalized spacial score (nSPS) is 18.6. The highest BCUT2D eigenvalue weighted by Gasteiger charge is 2.38. The number of aliphatic carboxylic acids is 1. The number of aromatic nitrogens is 2. The van der Waals surface area contributed by atoms with Gasteiger partial charge in [0.1, 0.15) is 59.8 Å². The van der Waals surface area contributed by atoms with E-state index >= 15 is 0 Å². The predicted molar refractivity (Wildman–Crippen MR) is 254 cm³/mol. The Hall–Kier alpha value is -7.12. The largest absolute Gasteiger partial charge is 0.507 e. The summed E-state index contributed by atoms with van der Waals surface area (Å²) < 4.78 is 38.2. The molecule has 376 valence electrons. The van der Waals surface area contributed by atoms with Crippen LogP contribution >= 0.6 is 0 Å². The monoisotopic (exact) mass is 990 g/mol. The lowest BCUT2D eigenvalue weighted by molar-refractivity contribution is -0.143. The first-order chi connectivity index (χ1) is 32.8. The summed E-state index contributed by atoms with van der Waals surface area (Å²) in [6, 6.07) is 3.96. The molecule has 4 aromatic rings. The highest BCUT2D eigenvalue weighted by atomic mass is 32.2. The second-order valence-corrected chi connectivity index (χ2v) is 19.1. The zero-order chi connectivity index (χ0) is 51.6. The first-order valence-corrected chi connectivity index (χ1v) is 23.7. The van der Waals surface area contributed by atoms with Gasteiger partial charge in [-0.3, -0.25) is 19.2 Å². The van der Waals surface area contributed by atoms with E-state index in [4.69, 9.17) is 26.1 Å². The van der Waals surface area contributed by atoms with Gasteiger partial charge in [-0.1, -0.05) is 26.0 Å². The molecule has 0 unspecified atom stereocenters. The van der Waals surface area contributed by atoms with E-state index in [0.29, 0.717) is 12.0 Å². The molecule has 2 heterocycles. The number of benzene rings is 3. The maximum absolute atomic E-state index is 14.8. The fourth-order valence-electron chi connectivity index (χ4n) is 8.47. The minimum atomic E-state index is -4.53. The maximum atomic E-state index is 14.8. The molecule has 0 saturated heterocycles. The fourth-order valence-corrected chi connectivity index (χ4v) is 8.87. The quantitative estimate of drug-likeness (QED) is 0.0755. The molecule has 1 aliphatic heterocycles. The molecule has 23 nitrogen and oxygen atoms in total.